The number of pyridine rings is 1. The van der Waals surface area contributed by atoms with E-state index in [0.29, 0.717) is 29.4 Å². The molecule has 0 aliphatic heterocycles. The Hall–Kier alpha value is -3.43. The van der Waals surface area contributed by atoms with Gasteiger partial charge >= 0.3 is 0 Å². The van der Waals surface area contributed by atoms with Crippen LogP contribution >= 0.6 is 0 Å². The van der Waals surface area contributed by atoms with Crippen molar-refractivity contribution in [3.05, 3.63) is 65.9 Å². The summed E-state index contributed by atoms with van der Waals surface area (Å²) < 4.78 is 30.6. The average Bonchev–Trinajstić information content (AvgIpc) is 3.19. The average molecular weight is 507 g/mol. The second-order valence-corrected chi connectivity index (χ2v) is 10.4. The van der Waals surface area contributed by atoms with Crippen molar-refractivity contribution < 1.29 is 8.42 Å². The molecule has 2 heterocycles. The van der Waals surface area contributed by atoms with Crippen molar-refractivity contribution in [3.63, 3.8) is 0 Å². The summed E-state index contributed by atoms with van der Waals surface area (Å²) in [7, 11) is -3.69. The molecule has 36 heavy (non-hydrogen) atoms. The Balaban J connectivity index is 1.65. The molecule has 0 saturated carbocycles. The first kappa shape index (κ1) is 25.7. The van der Waals surface area contributed by atoms with Crippen molar-refractivity contribution in [2.45, 2.75) is 45.6 Å². The maximum Gasteiger partial charge on any atom is 0.262 e. The minimum absolute atomic E-state index is 0.299. The number of nitrogens with two attached hydrogens (primary N) is 1. The number of aryl methyl sites for hydroxylation is 2. The highest BCUT2D eigenvalue weighted by Crippen LogP contribution is 2.33. The SMILES string of the molecule is CCc1ccccc1S(=O)(=O)Nc1ccc(-c2cc(C)nc3c2c(N)nn3CCN(CC)CC)cc1. The lowest BCUT2D eigenvalue weighted by Crippen LogP contribution is -2.27. The molecule has 0 atom stereocenters. The molecule has 0 fully saturated rings. The summed E-state index contributed by atoms with van der Waals surface area (Å²) in [6.07, 6.45) is 0.636. The lowest BCUT2D eigenvalue weighted by Gasteiger charge is -2.17. The summed E-state index contributed by atoms with van der Waals surface area (Å²) in [5, 5.41) is 5.40. The van der Waals surface area contributed by atoms with E-state index in [1.165, 1.54) is 0 Å². The van der Waals surface area contributed by atoms with Crippen molar-refractivity contribution in [1.29, 1.82) is 0 Å². The number of hydrogen-bond donors (Lipinski definition) is 2. The van der Waals surface area contributed by atoms with Gasteiger partial charge in [-0.15, -0.1) is 0 Å². The smallest absolute Gasteiger partial charge is 0.262 e. The monoisotopic (exact) mass is 506 g/mol. The number of nitrogens with zero attached hydrogens (tertiary/aromatic N) is 4. The van der Waals surface area contributed by atoms with Crippen molar-refractivity contribution in [2.75, 3.05) is 30.1 Å². The quantitative estimate of drug-likeness (QED) is 0.323. The Morgan fingerprint density at radius 3 is 2.39 bits per heavy atom. The third-order valence-electron chi connectivity index (χ3n) is 6.47. The highest BCUT2D eigenvalue weighted by Gasteiger charge is 2.19. The van der Waals surface area contributed by atoms with E-state index in [-0.39, 0.29) is 0 Å². The van der Waals surface area contributed by atoms with Gasteiger partial charge in [-0.25, -0.2) is 18.1 Å². The van der Waals surface area contributed by atoms with Gasteiger partial charge in [0.25, 0.3) is 10.0 Å². The maximum atomic E-state index is 13.0. The number of aromatic nitrogens is 3. The van der Waals surface area contributed by atoms with Crippen LogP contribution in [0, 0.1) is 6.92 Å². The van der Waals surface area contributed by atoms with Crippen LogP contribution in [0.3, 0.4) is 0 Å². The van der Waals surface area contributed by atoms with E-state index >= 15 is 0 Å². The molecule has 0 bridgehead atoms. The van der Waals surface area contributed by atoms with E-state index in [1.807, 2.05) is 48.9 Å². The fourth-order valence-corrected chi connectivity index (χ4v) is 5.84. The molecule has 0 aliphatic carbocycles. The Morgan fingerprint density at radius 2 is 1.72 bits per heavy atom. The molecule has 9 heteroatoms. The van der Waals surface area contributed by atoms with E-state index in [1.54, 1.807) is 24.3 Å². The standard InChI is InChI=1S/C27H34N6O2S/c1-5-20-10-8-9-11-24(20)36(34,35)31-22-14-12-21(13-15-22)23-18-19(4)29-27-25(23)26(28)30-33(27)17-16-32(6-2)7-3/h8-15,18,31H,5-7,16-17H2,1-4H3,(H2,28,30). The molecule has 190 valence electrons. The van der Waals surface area contributed by atoms with Gasteiger partial charge in [0, 0.05) is 17.9 Å². The van der Waals surface area contributed by atoms with E-state index in [0.717, 1.165) is 53.1 Å². The number of anilines is 2. The van der Waals surface area contributed by atoms with Crippen molar-refractivity contribution >= 4 is 32.6 Å². The lowest BCUT2D eigenvalue weighted by molar-refractivity contribution is 0.287. The van der Waals surface area contributed by atoms with Crippen molar-refractivity contribution in [3.8, 4) is 11.1 Å². The van der Waals surface area contributed by atoms with Gasteiger partial charge in [0.15, 0.2) is 11.5 Å². The molecule has 0 radical (unpaired) electrons. The van der Waals surface area contributed by atoms with Crippen LogP contribution in [-0.2, 0) is 23.0 Å². The minimum Gasteiger partial charge on any atom is -0.382 e. The topological polar surface area (TPSA) is 106 Å². The zero-order chi connectivity index (χ0) is 25.9. The molecule has 0 aliphatic rings. The number of sulfonamides is 1. The zero-order valence-electron chi connectivity index (χ0n) is 21.3. The molecule has 2 aromatic heterocycles. The van der Waals surface area contributed by atoms with E-state index < -0.39 is 10.0 Å². The minimum atomic E-state index is -3.69. The largest absolute Gasteiger partial charge is 0.382 e. The van der Waals surface area contributed by atoms with Crippen LogP contribution in [-0.4, -0.2) is 47.7 Å². The molecule has 8 nitrogen and oxygen atoms in total. The highest BCUT2D eigenvalue weighted by atomic mass is 32.2. The normalized spacial score (nSPS) is 11.9. The molecule has 3 N–H and O–H groups in total. The number of nitrogens with one attached hydrogen (secondary N) is 1. The molecular formula is C27H34N6O2S. The number of fused-ring (bicyclic) bond motifs is 1. The Bertz CT molecular complexity index is 1460. The third kappa shape index (κ3) is 5.22. The Morgan fingerprint density at radius 1 is 1.03 bits per heavy atom. The molecule has 0 amide bonds. The van der Waals surface area contributed by atoms with Crippen molar-refractivity contribution in [1.82, 2.24) is 19.7 Å². The van der Waals surface area contributed by atoms with Crippen LogP contribution in [0.25, 0.3) is 22.2 Å². The van der Waals surface area contributed by atoms with E-state index in [2.05, 4.69) is 28.6 Å². The number of hydrogen-bond acceptors (Lipinski definition) is 6. The predicted molar refractivity (Wildman–Crippen MR) is 147 cm³/mol. The first-order valence-electron chi connectivity index (χ1n) is 12.3. The van der Waals surface area contributed by atoms with Gasteiger partial charge in [0.2, 0.25) is 0 Å². The summed E-state index contributed by atoms with van der Waals surface area (Å²) >= 11 is 0. The fraction of sp³-hybridized carbons (Fsp3) is 0.333. The summed E-state index contributed by atoms with van der Waals surface area (Å²) in [5.41, 5.74) is 11.1. The van der Waals surface area contributed by atoms with Gasteiger partial charge in [-0.2, -0.15) is 5.10 Å². The Labute approximate surface area is 213 Å². The number of benzene rings is 2. The molecule has 4 rings (SSSR count). The second kappa shape index (κ2) is 10.7. The third-order valence-corrected chi connectivity index (χ3v) is 7.95. The Kier molecular flexibility index (Phi) is 7.61. The van der Waals surface area contributed by atoms with E-state index in [9.17, 15) is 8.42 Å². The molecule has 4 aromatic rings. The molecule has 0 saturated heterocycles. The number of nitrogen functional groups attached to an aromatic ring is 1. The number of likely N-dealkylation sites (N-methyl/N-ethyl adjacent to an activating group) is 1. The molecule has 0 spiro atoms. The van der Waals surface area contributed by atoms with Gasteiger partial charge < -0.3 is 10.6 Å². The summed E-state index contributed by atoms with van der Waals surface area (Å²) in [5.74, 6) is 0.438. The molecule has 0 unspecified atom stereocenters. The van der Waals surface area contributed by atoms with Gasteiger partial charge in [0.1, 0.15) is 0 Å². The number of rotatable bonds is 10. The lowest BCUT2D eigenvalue weighted by atomic mass is 10.0. The van der Waals surface area contributed by atoms with Crippen LogP contribution in [0.1, 0.15) is 32.0 Å². The van der Waals surface area contributed by atoms with Gasteiger partial charge in [-0.1, -0.05) is 51.1 Å². The first-order valence-corrected chi connectivity index (χ1v) is 13.8. The van der Waals surface area contributed by atoms with E-state index in [4.69, 9.17) is 10.7 Å². The summed E-state index contributed by atoms with van der Waals surface area (Å²) in [4.78, 5) is 7.37. The van der Waals surface area contributed by atoms with Gasteiger partial charge in [-0.3, -0.25) is 4.72 Å². The van der Waals surface area contributed by atoms with Crippen LogP contribution in [0.15, 0.2) is 59.5 Å². The zero-order valence-corrected chi connectivity index (χ0v) is 22.1. The van der Waals surface area contributed by atoms with Gasteiger partial charge in [-0.05, 0) is 67.4 Å². The summed E-state index contributed by atoms with van der Waals surface area (Å²) in [6, 6.07) is 16.4. The highest BCUT2D eigenvalue weighted by molar-refractivity contribution is 7.92. The predicted octanol–water partition coefficient (Wildman–Crippen LogP) is 4.69. The first-order chi connectivity index (χ1) is 17.3. The molecule has 2 aromatic carbocycles. The maximum absolute atomic E-state index is 13.0. The second-order valence-electron chi connectivity index (χ2n) is 8.79. The summed E-state index contributed by atoms with van der Waals surface area (Å²) in [6.45, 7) is 11.7. The van der Waals surface area contributed by atoms with Crippen molar-refractivity contribution in [2.24, 2.45) is 0 Å². The molecular weight excluding hydrogens is 472 g/mol. The van der Waals surface area contributed by atoms with Crippen LogP contribution in [0.4, 0.5) is 11.5 Å². The van der Waals surface area contributed by atoms with Crippen LogP contribution in [0.2, 0.25) is 0 Å². The fourth-order valence-electron chi connectivity index (χ4n) is 4.47. The van der Waals surface area contributed by atoms with Crippen LogP contribution < -0.4 is 10.5 Å². The van der Waals surface area contributed by atoms with Gasteiger partial charge in [0.05, 0.1) is 16.8 Å². The van der Waals surface area contributed by atoms with Crippen LogP contribution in [0.5, 0.6) is 0 Å².